The van der Waals surface area contributed by atoms with E-state index in [4.69, 9.17) is 0 Å². The van der Waals surface area contributed by atoms with Crippen LogP contribution in [0.3, 0.4) is 0 Å². The molecular weight excluding hydrogens is 298 g/mol. The topological polar surface area (TPSA) is 46.9 Å². The standard InChI is InChI=1S/C20H21N3O/c1-15-3-4-17(16(2)13-15)5-10-20(24)22-18-6-8-19(9-7-18)23-12-11-21-14-23/h3-4,6-9,11-14H,5,10H2,1-2H3,(H,22,24). The summed E-state index contributed by atoms with van der Waals surface area (Å²) >= 11 is 0. The van der Waals surface area contributed by atoms with Crippen LogP contribution in [-0.2, 0) is 11.2 Å². The Morgan fingerprint density at radius 3 is 2.58 bits per heavy atom. The third-order valence-electron chi connectivity index (χ3n) is 4.07. The van der Waals surface area contributed by atoms with Gasteiger partial charge >= 0.3 is 0 Å². The summed E-state index contributed by atoms with van der Waals surface area (Å²) in [6.45, 7) is 4.17. The smallest absolute Gasteiger partial charge is 0.224 e. The lowest BCUT2D eigenvalue weighted by atomic mass is 10.0. The van der Waals surface area contributed by atoms with Crippen molar-refractivity contribution in [3.05, 3.63) is 77.9 Å². The van der Waals surface area contributed by atoms with Gasteiger partial charge in [0.1, 0.15) is 0 Å². The van der Waals surface area contributed by atoms with Crippen molar-refractivity contribution >= 4 is 11.6 Å². The number of aromatic nitrogens is 2. The van der Waals surface area contributed by atoms with Gasteiger partial charge in [0.15, 0.2) is 0 Å². The molecule has 4 nitrogen and oxygen atoms in total. The Morgan fingerprint density at radius 2 is 1.92 bits per heavy atom. The molecule has 0 bridgehead atoms. The van der Waals surface area contributed by atoms with Gasteiger partial charge < -0.3 is 9.88 Å². The molecule has 1 aromatic heterocycles. The third kappa shape index (κ3) is 3.90. The maximum Gasteiger partial charge on any atom is 0.224 e. The van der Waals surface area contributed by atoms with Gasteiger partial charge in [-0.2, -0.15) is 0 Å². The molecule has 0 radical (unpaired) electrons. The Labute approximate surface area is 142 Å². The monoisotopic (exact) mass is 319 g/mol. The number of aryl methyl sites for hydroxylation is 3. The fraction of sp³-hybridized carbons (Fsp3) is 0.200. The highest BCUT2D eigenvalue weighted by atomic mass is 16.1. The number of nitrogens with one attached hydrogen (secondary N) is 1. The van der Waals surface area contributed by atoms with E-state index in [2.05, 4.69) is 42.3 Å². The van der Waals surface area contributed by atoms with Crippen molar-refractivity contribution in [3.63, 3.8) is 0 Å². The number of benzene rings is 2. The molecule has 122 valence electrons. The zero-order valence-corrected chi connectivity index (χ0v) is 14.0. The Bertz CT molecular complexity index is 821. The van der Waals surface area contributed by atoms with Crippen molar-refractivity contribution in [2.45, 2.75) is 26.7 Å². The highest BCUT2D eigenvalue weighted by Gasteiger charge is 2.05. The van der Waals surface area contributed by atoms with E-state index in [0.717, 1.165) is 17.8 Å². The molecular formula is C20H21N3O. The minimum absolute atomic E-state index is 0.0327. The summed E-state index contributed by atoms with van der Waals surface area (Å²) in [5.74, 6) is 0.0327. The molecule has 0 saturated heterocycles. The van der Waals surface area contributed by atoms with Crippen LogP contribution >= 0.6 is 0 Å². The fourth-order valence-electron chi connectivity index (χ4n) is 2.73. The molecule has 1 N–H and O–H groups in total. The number of imidazole rings is 1. The molecule has 1 heterocycles. The number of nitrogens with zero attached hydrogens (tertiary/aromatic N) is 2. The summed E-state index contributed by atoms with van der Waals surface area (Å²) in [6, 6.07) is 14.1. The second-order valence-corrected chi connectivity index (χ2v) is 5.99. The van der Waals surface area contributed by atoms with E-state index in [9.17, 15) is 4.79 Å². The van der Waals surface area contributed by atoms with Crippen LogP contribution in [-0.4, -0.2) is 15.5 Å². The Kier molecular flexibility index (Phi) is 4.75. The normalized spacial score (nSPS) is 10.6. The van der Waals surface area contributed by atoms with Crippen LogP contribution in [0.4, 0.5) is 5.69 Å². The average Bonchev–Trinajstić information content (AvgIpc) is 3.09. The predicted molar refractivity (Wildman–Crippen MR) is 96.4 cm³/mol. The highest BCUT2D eigenvalue weighted by molar-refractivity contribution is 5.90. The molecule has 3 rings (SSSR count). The third-order valence-corrected chi connectivity index (χ3v) is 4.07. The van der Waals surface area contributed by atoms with Crippen molar-refractivity contribution in [3.8, 4) is 5.69 Å². The van der Waals surface area contributed by atoms with Crippen molar-refractivity contribution in [1.29, 1.82) is 0 Å². The number of carbonyl (C=O) groups is 1. The van der Waals surface area contributed by atoms with Gasteiger partial charge in [-0.15, -0.1) is 0 Å². The largest absolute Gasteiger partial charge is 0.326 e. The van der Waals surface area contributed by atoms with Crippen LogP contribution in [0, 0.1) is 13.8 Å². The fourth-order valence-corrected chi connectivity index (χ4v) is 2.73. The average molecular weight is 319 g/mol. The molecule has 0 unspecified atom stereocenters. The molecule has 0 fully saturated rings. The van der Waals surface area contributed by atoms with Gasteiger partial charge in [-0.05, 0) is 55.7 Å². The predicted octanol–water partition coefficient (Wildman–Crippen LogP) is 4.06. The van der Waals surface area contributed by atoms with E-state index in [1.54, 1.807) is 12.5 Å². The first-order chi connectivity index (χ1) is 11.6. The molecule has 0 spiro atoms. The summed E-state index contributed by atoms with van der Waals surface area (Å²) in [4.78, 5) is 16.2. The maximum absolute atomic E-state index is 12.2. The molecule has 4 heteroatoms. The van der Waals surface area contributed by atoms with Crippen LogP contribution in [0.1, 0.15) is 23.1 Å². The molecule has 3 aromatic rings. The zero-order chi connectivity index (χ0) is 16.9. The number of hydrogen-bond donors (Lipinski definition) is 1. The van der Waals surface area contributed by atoms with Gasteiger partial charge in [0, 0.05) is 30.2 Å². The number of amides is 1. The lowest BCUT2D eigenvalue weighted by Crippen LogP contribution is -2.12. The van der Waals surface area contributed by atoms with E-state index in [1.807, 2.05) is 35.0 Å². The van der Waals surface area contributed by atoms with E-state index >= 15 is 0 Å². The summed E-state index contributed by atoms with van der Waals surface area (Å²) in [6.07, 6.45) is 6.61. The van der Waals surface area contributed by atoms with Gasteiger partial charge in [-0.3, -0.25) is 4.79 Å². The molecule has 0 aliphatic rings. The van der Waals surface area contributed by atoms with Gasteiger partial charge in [-0.1, -0.05) is 23.8 Å². The quantitative estimate of drug-likeness (QED) is 0.771. The number of rotatable bonds is 5. The minimum Gasteiger partial charge on any atom is -0.326 e. The van der Waals surface area contributed by atoms with E-state index < -0.39 is 0 Å². The number of carbonyl (C=O) groups excluding carboxylic acids is 1. The summed E-state index contributed by atoms with van der Waals surface area (Å²) < 4.78 is 1.92. The van der Waals surface area contributed by atoms with Crippen molar-refractivity contribution in [2.24, 2.45) is 0 Å². The first-order valence-corrected chi connectivity index (χ1v) is 8.06. The molecule has 0 saturated carbocycles. The van der Waals surface area contributed by atoms with Crippen LogP contribution in [0.5, 0.6) is 0 Å². The van der Waals surface area contributed by atoms with Gasteiger partial charge in [0.2, 0.25) is 5.91 Å². The van der Waals surface area contributed by atoms with Gasteiger partial charge in [0.25, 0.3) is 0 Å². The van der Waals surface area contributed by atoms with Crippen LogP contribution in [0.15, 0.2) is 61.2 Å². The van der Waals surface area contributed by atoms with Gasteiger partial charge in [-0.25, -0.2) is 4.98 Å². The Hall–Kier alpha value is -2.88. The first kappa shape index (κ1) is 16.0. The van der Waals surface area contributed by atoms with E-state index in [0.29, 0.717) is 6.42 Å². The van der Waals surface area contributed by atoms with Crippen molar-refractivity contribution in [1.82, 2.24) is 9.55 Å². The zero-order valence-electron chi connectivity index (χ0n) is 14.0. The lowest BCUT2D eigenvalue weighted by Gasteiger charge is -2.09. The first-order valence-electron chi connectivity index (χ1n) is 8.06. The molecule has 0 aliphatic heterocycles. The second kappa shape index (κ2) is 7.13. The number of anilines is 1. The molecule has 0 atom stereocenters. The van der Waals surface area contributed by atoms with Crippen LogP contribution in [0.25, 0.3) is 5.69 Å². The summed E-state index contributed by atoms with van der Waals surface area (Å²) in [5.41, 5.74) is 5.54. The van der Waals surface area contributed by atoms with Crippen molar-refractivity contribution in [2.75, 3.05) is 5.32 Å². The highest BCUT2D eigenvalue weighted by Crippen LogP contribution is 2.15. The summed E-state index contributed by atoms with van der Waals surface area (Å²) in [5, 5.41) is 2.95. The molecule has 2 aromatic carbocycles. The SMILES string of the molecule is Cc1ccc(CCC(=O)Nc2ccc(-n3ccnc3)cc2)c(C)c1. The lowest BCUT2D eigenvalue weighted by molar-refractivity contribution is -0.116. The van der Waals surface area contributed by atoms with E-state index in [-0.39, 0.29) is 5.91 Å². The second-order valence-electron chi connectivity index (χ2n) is 5.99. The Balaban J connectivity index is 1.56. The van der Waals surface area contributed by atoms with Crippen molar-refractivity contribution < 1.29 is 4.79 Å². The van der Waals surface area contributed by atoms with Crippen LogP contribution in [0.2, 0.25) is 0 Å². The number of hydrogen-bond acceptors (Lipinski definition) is 2. The molecule has 0 aliphatic carbocycles. The van der Waals surface area contributed by atoms with Crippen LogP contribution < -0.4 is 5.32 Å². The Morgan fingerprint density at radius 1 is 1.12 bits per heavy atom. The molecule has 24 heavy (non-hydrogen) atoms. The maximum atomic E-state index is 12.2. The van der Waals surface area contributed by atoms with Gasteiger partial charge in [0.05, 0.1) is 6.33 Å². The minimum atomic E-state index is 0.0327. The van der Waals surface area contributed by atoms with E-state index in [1.165, 1.54) is 16.7 Å². The summed E-state index contributed by atoms with van der Waals surface area (Å²) in [7, 11) is 0. The molecule has 1 amide bonds.